The van der Waals surface area contributed by atoms with Gasteiger partial charge in [0.2, 0.25) is 0 Å². The number of nitrogens with zero attached hydrogens (tertiary/aromatic N) is 1. The van der Waals surface area contributed by atoms with Crippen molar-refractivity contribution in [3.63, 3.8) is 0 Å². The van der Waals surface area contributed by atoms with Crippen molar-refractivity contribution in [2.45, 2.75) is 4.90 Å². The highest BCUT2D eigenvalue weighted by Gasteiger charge is 2.30. The molecule has 0 bridgehead atoms. The maximum atomic E-state index is 12.2. The Morgan fingerprint density at radius 3 is 2.56 bits per heavy atom. The molecule has 3 N–H and O–H groups in total. The van der Waals surface area contributed by atoms with Crippen molar-refractivity contribution in [2.75, 3.05) is 18.5 Å². The van der Waals surface area contributed by atoms with Crippen LogP contribution >= 0.6 is 0 Å². The number of rotatable bonds is 5. The molecule has 9 heteroatoms. The van der Waals surface area contributed by atoms with Gasteiger partial charge in [-0.2, -0.15) is 8.42 Å². The number of aliphatic hydroxyl groups is 1. The zero-order chi connectivity index (χ0) is 18.2. The van der Waals surface area contributed by atoms with Crippen molar-refractivity contribution in [1.29, 1.82) is 0 Å². The second kappa shape index (κ2) is 6.28. The van der Waals surface area contributed by atoms with Gasteiger partial charge in [-0.3, -0.25) is 19.0 Å². The highest BCUT2D eigenvalue weighted by molar-refractivity contribution is 7.85. The Hall–Kier alpha value is -2.75. The highest BCUT2D eigenvalue weighted by Crippen LogP contribution is 2.28. The molecule has 2 amide bonds. The zero-order valence-electron chi connectivity index (χ0n) is 12.8. The minimum absolute atomic E-state index is 0.0169. The molecule has 3 rings (SSSR count). The van der Waals surface area contributed by atoms with Crippen molar-refractivity contribution in [3.8, 4) is 0 Å². The number of anilines is 1. The van der Waals surface area contributed by atoms with Crippen LogP contribution in [0.1, 0.15) is 0 Å². The summed E-state index contributed by atoms with van der Waals surface area (Å²) in [5, 5.41) is 12.9. The number of hydrogen-bond donors (Lipinski definition) is 3. The molecule has 25 heavy (non-hydrogen) atoms. The summed E-state index contributed by atoms with van der Waals surface area (Å²) in [6.45, 7) is -0.452. The second-order valence-corrected chi connectivity index (χ2v) is 6.79. The van der Waals surface area contributed by atoms with E-state index >= 15 is 0 Å². The van der Waals surface area contributed by atoms with E-state index in [0.717, 1.165) is 11.0 Å². The fourth-order valence-electron chi connectivity index (χ4n) is 2.58. The lowest BCUT2D eigenvalue weighted by Gasteiger charge is -2.14. The Labute approximate surface area is 143 Å². The fourth-order valence-corrected chi connectivity index (χ4v) is 3.08. The first-order valence-electron chi connectivity index (χ1n) is 7.27. The molecule has 0 saturated carbocycles. The number of imide groups is 1. The van der Waals surface area contributed by atoms with E-state index in [-0.39, 0.29) is 23.7 Å². The molecule has 1 aliphatic heterocycles. The molecule has 0 radical (unpaired) electrons. The third-order valence-electron chi connectivity index (χ3n) is 3.75. The van der Waals surface area contributed by atoms with Gasteiger partial charge in [-0.25, -0.2) is 0 Å². The Bertz CT molecular complexity index is 1010. The average molecular weight is 362 g/mol. The predicted molar refractivity (Wildman–Crippen MR) is 89.3 cm³/mol. The number of nitrogens with one attached hydrogen (secondary N) is 1. The summed E-state index contributed by atoms with van der Waals surface area (Å²) < 4.78 is 31.9. The maximum Gasteiger partial charge on any atom is 0.294 e. The lowest BCUT2D eigenvalue weighted by Crippen LogP contribution is -2.34. The van der Waals surface area contributed by atoms with Crippen LogP contribution < -0.4 is 5.32 Å². The monoisotopic (exact) mass is 362 g/mol. The van der Waals surface area contributed by atoms with Gasteiger partial charge in [0.05, 0.1) is 18.0 Å². The SMILES string of the molecule is O=C1C=C(Nc2cccc3ccc(S(=O)(=O)O)cc23)C(=O)N1CCO. The number of carbonyl (C=O) groups excluding carboxylic acids is 2. The van der Waals surface area contributed by atoms with Crippen LogP contribution in [-0.4, -0.2) is 47.9 Å². The van der Waals surface area contributed by atoms with Crippen LogP contribution in [0, 0.1) is 0 Å². The van der Waals surface area contributed by atoms with E-state index in [9.17, 15) is 22.6 Å². The molecule has 0 atom stereocenters. The van der Waals surface area contributed by atoms with Crippen LogP contribution in [0.15, 0.2) is 53.1 Å². The van der Waals surface area contributed by atoms with Gasteiger partial charge in [-0.1, -0.05) is 18.2 Å². The number of carbonyl (C=O) groups is 2. The third kappa shape index (κ3) is 3.25. The topological polar surface area (TPSA) is 124 Å². The highest BCUT2D eigenvalue weighted by atomic mass is 32.2. The van der Waals surface area contributed by atoms with Crippen LogP contribution in [0.25, 0.3) is 10.8 Å². The van der Waals surface area contributed by atoms with E-state index in [1.807, 2.05) is 0 Å². The molecule has 8 nitrogen and oxygen atoms in total. The molecule has 130 valence electrons. The van der Waals surface area contributed by atoms with Gasteiger partial charge in [-0.15, -0.1) is 0 Å². The summed E-state index contributed by atoms with van der Waals surface area (Å²) >= 11 is 0. The van der Waals surface area contributed by atoms with E-state index in [4.69, 9.17) is 5.11 Å². The summed E-state index contributed by atoms with van der Waals surface area (Å²) in [7, 11) is -4.37. The standard InChI is InChI=1S/C16H14N2O6S/c19-7-6-18-15(20)9-14(16(18)21)17-13-3-1-2-10-4-5-11(8-12(10)13)25(22,23)24/h1-5,8-9,17,19H,6-7H2,(H,22,23,24). The van der Waals surface area contributed by atoms with E-state index in [2.05, 4.69) is 5.32 Å². The molecular formula is C16H14N2O6S. The number of amides is 2. The van der Waals surface area contributed by atoms with Crippen molar-refractivity contribution in [2.24, 2.45) is 0 Å². The first kappa shape index (κ1) is 17.1. The molecule has 0 fully saturated rings. The molecule has 1 heterocycles. The number of benzene rings is 2. The summed E-state index contributed by atoms with van der Waals surface area (Å²) in [4.78, 5) is 24.6. The molecular weight excluding hydrogens is 348 g/mol. The minimum Gasteiger partial charge on any atom is -0.395 e. The van der Waals surface area contributed by atoms with Gasteiger partial charge in [0, 0.05) is 17.1 Å². The van der Waals surface area contributed by atoms with Crippen LogP contribution in [0.2, 0.25) is 0 Å². The van der Waals surface area contributed by atoms with E-state index in [1.54, 1.807) is 18.2 Å². The molecule has 0 spiro atoms. The van der Waals surface area contributed by atoms with Crippen LogP contribution in [0.5, 0.6) is 0 Å². The van der Waals surface area contributed by atoms with Gasteiger partial charge in [0.25, 0.3) is 21.9 Å². The lowest BCUT2D eigenvalue weighted by molar-refractivity contribution is -0.137. The van der Waals surface area contributed by atoms with Crippen molar-refractivity contribution in [1.82, 2.24) is 4.90 Å². The van der Waals surface area contributed by atoms with Crippen molar-refractivity contribution < 1.29 is 27.7 Å². The molecule has 2 aromatic rings. The minimum atomic E-state index is -4.37. The van der Waals surface area contributed by atoms with Crippen LogP contribution in [-0.2, 0) is 19.7 Å². The average Bonchev–Trinajstić information content (AvgIpc) is 2.82. The molecule has 0 aliphatic carbocycles. The molecule has 0 saturated heterocycles. The normalized spacial score (nSPS) is 15.0. The summed E-state index contributed by atoms with van der Waals surface area (Å²) in [6, 6.07) is 9.13. The van der Waals surface area contributed by atoms with E-state index < -0.39 is 21.9 Å². The zero-order valence-corrected chi connectivity index (χ0v) is 13.7. The number of β-amino-alcohol motifs (C(OH)–C–C–N with tert-alkyl or cyclic N) is 1. The third-order valence-corrected chi connectivity index (χ3v) is 4.60. The Morgan fingerprint density at radius 2 is 1.88 bits per heavy atom. The van der Waals surface area contributed by atoms with Crippen molar-refractivity contribution >= 4 is 38.4 Å². The quantitative estimate of drug-likeness (QED) is 0.529. The van der Waals surface area contributed by atoms with Crippen molar-refractivity contribution in [3.05, 3.63) is 48.2 Å². The summed E-state index contributed by atoms with van der Waals surface area (Å²) in [5.74, 6) is -1.12. The Kier molecular flexibility index (Phi) is 4.29. The smallest absolute Gasteiger partial charge is 0.294 e. The molecule has 0 unspecified atom stereocenters. The largest absolute Gasteiger partial charge is 0.395 e. The molecule has 2 aromatic carbocycles. The summed E-state index contributed by atoms with van der Waals surface area (Å²) in [5.41, 5.74) is 0.421. The van der Waals surface area contributed by atoms with Gasteiger partial charge in [0.15, 0.2) is 0 Å². The number of hydrogen-bond acceptors (Lipinski definition) is 6. The Balaban J connectivity index is 2.01. The summed E-state index contributed by atoms with van der Waals surface area (Å²) in [6.07, 6.45) is 1.11. The fraction of sp³-hybridized carbons (Fsp3) is 0.125. The first-order chi connectivity index (χ1) is 11.8. The van der Waals surface area contributed by atoms with Gasteiger partial charge in [0.1, 0.15) is 5.70 Å². The van der Waals surface area contributed by atoms with Gasteiger partial charge >= 0.3 is 0 Å². The van der Waals surface area contributed by atoms with E-state index in [1.165, 1.54) is 18.2 Å². The molecule has 1 aliphatic rings. The van der Waals surface area contributed by atoms with Crippen LogP contribution in [0.3, 0.4) is 0 Å². The predicted octanol–water partition coefficient (Wildman–Crippen LogP) is 0.743. The van der Waals surface area contributed by atoms with Gasteiger partial charge in [-0.05, 0) is 23.6 Å². The Morgan fingerprint density at radius 1 is 1.12 bits per heavy atom. The van der Waals surface area contributed by atoms with Crippen LogP contribution in [0.4, 0.5) is 5.69 Å². The molecule has 0 aromatic heterocycles. The maximum absolute atomic E-state index is 12.2. The van der Waals surface area contributed by atoms with Gasteiger partial charge < -0.3 is 10.4 Å². The number of aliphatic hydroxyl groups excluding tert-OH is 1. The number of fused-ring (bicyclic) bond motifs is 1. The first-order valence-corrected chi connectivity index (χ1v) is 8.71. The van der Waals surface area contributed by atoms with E-state index in [0.29, 0.717) is 16.5 Å². The lowest BCUT2D eigenvalue weighted by atomic mass is 10.1. The second-order valence-electron chi connectivity index (χ2n) is 5.37.